The maximum Gasteiger partial charge on any atom is 0.256 e. The van der Waals surface area contributed by atoms with E-state index in [1.807, 2.05) is 62.4 Å². The number of benzene rings is 3. The molecule has 0 radical (unpaired) electrons. The highest BCUT2D eigenvalue weighted by Crippen LogP contribution is 2.31. The summed E-state index contributed by atoms with van der Waals surface area (Å²) in [6.45, 7) is 3.97. The van der Waals surface area contributed by atoms with E-state index in [0.29, 0.717) is 29.1 Å². The van der Waals surface area contributed by atoms with Crippen LogP contribution in [-0.4, -0.2) is 26.6 Å². The molecule has 1 amide bonds. The van der Waals surface area contributed by atoms with Gasteiger partial charge in [0.2, 0.25) is 10.0 Å². The molecular weight excluding hydrogens is 444 g/mol. The summed E-state index contributed by atoms with van der Waals surface area (Å²) in [4.78, 5) is 13.3. The average Bonchev–Trinajstić information content (AvgIpc) is 3.08. The Kier molecular flexibility index (Phi) is 6.12. The van der Waals surface area contributed by atoms with E-state index in [1.54, 1.807) is 0 Å². The van der Waals surface area contributed by atoms with E-state index in [4.69, 9.17) is 11.6 Å². The zero-order valence-electron chi connectivity index (χ0n) is 18.2. The summed E-state index contributed by atoms with van der Waals surface area (Å²) in [5, 5.41) is 3.67. The molecule has 32 heavy (non-hydrogen) atoms. The SMILES string of the molecule is Cc1cc(C)c(-c2ccc(Cl)cc2)c(C(=O)Nc2ccc3c(c2)CC(NS(C)(=O)=O)C3)c1. The van der Waals surface area contributed by atoms with Gasteiger partial charge in [-0.25, -0.2) is 13.1 Å². The van der Waals surface area contributed by atoms with E-state index in [9.17, 15) is 13.2 Å². The van der Waals surface area contributed by atoms with E-state index in [0.717, 1.165) is 33.4 Å². The van der Waals surface area contributed by atoms with Gasteiger partial charge in [0, 0.05) is 22.3 Å². The quantitative estimate of drug-likeness (QED) is 0.559. The van der Waals surface area contributed by atoms with Gasteiger partial charge in [0.05, 0.1) is 6.26 Å². The summed E-state index contributed by atoms with van der Waals surface area (Å²) in [6.07, 6.45) is 2.42. The molecule has 0 fully saturated rings. The summed E-state index contributed by atoms with van der Waals surface area (Å²) in [7, 11) is -3.26. The van der Waals surface area contributed by atoms with E-state index in [-0.39, 0.29) is 11.9 Å². The minimum Gasteiger partial charge on any atom is -0.322 e. The van der Waals surface area contributed by atoms with Crippen molar-refractivity contribution in [3.05, 3.63) is 87.4 Å². The molecule has 3 aromatic rings. The van der Waals surface area contributed by atoms with E-state index >= 15 is 0 Å². The molecule has 7 heteroatoms. The van der Waals surface area contributed by atoms with Gasteiger partial charge in [-0.2, -0.15) is 0 Å². The second kappa shape index (κ2) is 8.70. The van der Waals surface area contributed by atoms with Crippen LogP contribution < -0.4 is 10.0 Å². The van der Waals surface area contributed by atoms with Gasteiger partial charge in [-0.3, -0.25) is 4.79 Å². The predicted octanol–water partition coefficient (Wildman–Crippen LogP) is 4.89. The molecule has 5 nitrogen and oxygen atoms in total. The number of hydrogen-bond donors (Lipinski definition) is 2. The maximum absolute atomic E-state index is 13.3. The molecule has 0 saturated carbocycles. The Morgan fingerprint density at radius 1 is 0.969 bits per heavy atom. The Bertz CT molecular complexity index is 1300. The number of amides is 1. The first-order valence-electron chi connectivity index (χ1n) is 10.4. The number of halogens is 1. The standard InChI is InChI=1S/C25H25ClN2O3S/c1-15-10-16(2)24(17-4-7-20(26)8-5-17)23(11-15)25(29)27-21-9-6-18-12-22(14-19(18)13-21)28-32(3,30)31/h4-11,13,22,28H,12,14H2,1-3H3,(H,27,29). The first-order chi connectivity index (χ1) is 15.1. The van der Waals surface area contributed by atoms with Gasteiger partial charge < -0.3 is 5.32 Å². The number of hydrogen-bond acceptors (Lipinski definition) is 3. The number of nitrogens with one attached hydrogen (secondary N) is 2. The number of carbonyl (C=O) groups excluding carboxylic acids is 1. The van der Waals surface area contributed by atoms with Gasteiger partial charge in [-0.15, -0.1) is 0 Å². The van der Waals surface area contributed by atoms with Gasteiger partial charge in [0.15, 0.2) is 0 Å². The number of aryl methyl sites for hydroxylation is 2. The topological polar surface area (TPSA) is 75.3 Å². The molecule has 4 rings (SSSR count). The molecule has 0 bridgehead atoms. The molecule has 3 aromatic carbocycles. The van der Waals surface area contributed by atoms with Crippen LogP contribution in [0.1, 0.15) is 32.6 Å². The lowest BCUT2D eigenvalue weighted by molar-refractivity contribution is 0.102. The number of rotatable bonds is 5. The highest BCUT2D eigenvalue weighted by molar-refractivity contribution is 7.88. The Balaban J connectivity index is 1.61. The van der Waals surface area contributed by atoms with Crippen LogP contribution in [0.2, 0.25) is 5.02 Å². The van der Waals surface area contributed by atoms with Crippen molar-refractivity contribution in [2.24, 2.45) is 0 Å². The van der Waals surface area contributed by atoms with Gasteiger partial charge in [-0.05, 0) is 84.8 Å². The summed E-state index contributed by atoms with van der Waals surface area (Å²) in [5.74, 6) is -0.189. The molecule has 2 N–H and O–H groups in total. The molecule has 1 atom stereocenters. The van der Waals surface area contributed by atoms with Crippen LogP contribution >= 0.6 is 11.6 Å². The maximum atomic E-state index is 13.3. The Morgan fingerprint density at radius 2 is 1.66 bits per heavy atom. The monoisotopic (exact) mass is 468 g/mol. The summed E-state index contributed by atoms with van der Waals surface area (Å²) in [6, 6.07) is 17.0. The molecule has 0 spiro atoms. The lowest BCUT2D eigenvalue weighted by Gasteiger charge is -2.15. The van der Waals surface area contributed by atoms with Crippen LogP contribution in [0, 0.1) is 13.8 Å². The van der Waals surface area contributed by atoms with Gasteiger partial charge in [0.25, 0.3) is 5.91 Å². The Hall–Kier alpha value is -2.67. The average molecular weight is 469 g/mol. The molecule has 0 saturated heterocycles. The molecule has 0 aromatic heterocycles. The minimum absolute atomic E-state index is 0.151. The Labute approximate surface area is 193 Å². The molecule has 0 heterocycles. The minimum atomic E-state index is -3.26. The van der Waals surface area contributed by atoms with Gasteiger partial charge in [-0.1, -0.05) is 41.4 Å². The summed E-state index contributed by atoms with van der Waals surface area (Å²) in [5.41, 5.74) is 7.26. The number of anilines is 1. The van der Waals surface area contributed by atoms with Crippen LogP contribution in [0.25, 0.3) is 11.1 Å². The third-order valence-electron chi connectivity index (χ3n) is 5.63. The van der Waals surface area contributed by atoms with Crippen LogP contribution in [0.3, 0.4) is 0 Å². The van der Waals surface area contributed by atoms with Crippen LogP contribution in [0.4, 0.5) is 5.69 Å². The van der Waals surface area contributed by atoms with Crippen molar-refractivity contribution >= 4 is 33.2 Å². The first-order valence-corrected chi connectivity index (χ1v) is 12.6. The number of sulfonamides is 1. The lowest BCUT2D eigenvalue weighted by Crippen LogP contribution is -2.34. The van der Waals surface area contributed by atoms with Crippen LogP contribution in [0.15, 0.2) is 54.6 Å². The van der Waals surface area contributed by atoms with Crippen molar-refractivity contribution in [2.75, 3.05) is 11.6 Å². The smallest absolute Gasteiger partial charge is 0.256 e. The molecule has 0 aliphatic heterocycles. The number of carbonyl (C=O) groups is 1. The third-order valence-corrected chi connectivity index (χ3v) is 6.65. The van der Waals surface area contributed by atoms with Crippen molar-refractivity contribution in [2.45, 2.75) is 32.7 Å². The molecule has 1 aliphatic carbocycles. The largest absolute Gasteiger partial charge is 0.322 e. The highest BCUT2D eigenvalue weighted by Gasteiger charge is 2.24. The molecule has 166 valence electrons. The van der Waals surface area contributed by atoms with Gasteiger partial charge >= 0.3 is 0 Å². The summed E-state index contributed by atoms with van der Waals surface area (Å²) < 4.78 is 25.8. The molecule has 1 unspecified atom stereocenters. The molecule has 1 aliphatic rings. The fourth-order valence-electron chi connectivity index (χ4n) is 4.43. The highest BCUT2D eigenvalue weighted by atomic mass is 35.5. The predicted molar refractivity (Wildman–Crippen MR) is 130 cm³/mol. The van der Waals surface area contributed by atoms with E-state index < -0.39 is 10.0 Å². The zero-order chi connectivity index (χ0) is 23.0. The molecular formula is C25H25ClN2O3S. The summed E-state index contributed by atoms with van der Waals surface area (Å²) >= 11 is 6.05. The fourth-order valence-corrected chi connectivity index (χ4v) is 5.32. The normalized spacial score (nSPS) is 15.4. The lowest BCUT2D eigenvalue weighted by atomic mass is 9.92. The zero-order valence-corrected chi connectivity index (χ0v) is 19.8. The van der Waals surface area contributed by atoms with Crippen molar-refractivity contribution in [1.82, 2.24) is 4.72 Å². The third kappa shape index (κ3) is 5.04. The van der Waals surface area contributed by atoms with Crippen molar-refractivity contribution in [3.8, 4) is 11.1 Å². The van der Waals surface area contributed by atoms with Crippen molar-refractivity contribution < 1.29 is 13.2 Å². The second-order valence-corrected chi connectivity index (χ2v) is 10.7. The van der Waals surface area contributed by atoms with E-state index in [2.05, 4.69) is 16.1 Å². The van der Waals surface area contributed by atoms with E-state index in [1.165, 1.54) is 6.26 Å². The van der Waals surface area contributed by atoms with Crippen LogP contribution in [-0.2, 0) is 22.9 Å². The Morgan fingerprint density at radius 3 is 2.34 bits per heavy atom. The number of fused-ring (bicyclic) bond motifs is 1. The first kappa shape index (κ1) is 22.5. The van der Waals surface area contributed by atoms with Crippen LogP contribution in [0.5, 0.6) is 0 Å². The van der Waals surface area contributed by atoms with Crippen molar-refractivity contribution in [3.63, 3.8) is 0 Å². The fraction of sp³-hybridized carbons (Fsp3) is 0.240. The second-order valence-electron chi connectivity index (χ2n) is 8.44. The van der Waals surface area contributed by atoms with Gasteiger partial charge in [0.1, 0.15) is 0 Å². The van der Waals surface area contributed by atoms with Crippen molar-refractivity contribution in [1.29, 1.82) is 0 Å².